The predicted molar refractivity (Wildman–Crippen MR) is 58.2 cm³/mol. The van der Waals surface area contributed by atoms with Crippen LogP contribution < -0.4 is 5.32 Å². The minimum Gasteiger partial charge on any atom is -0.362 e. The topological polar surface area (TPSA) is 38.3 Å². The summed E-state index contributed by atoms with van der Waals surface area (Å²) in [6.07, 6.45) is -5.09. The van der Waals surface area contributed by atoms with E-state index in [1.54, 1.807) is 0 Å². The Hall–Kier alpha value is -1.27. The van der Waals surface area contributed by atoms with Crippen LogP contribution in [-0.4, -0.2) is 19.1 Å². The largest absolute Gasteiger partial charge is 0.416 e. The highest BCUT2D eigenvalue weighted by atomic mass is 35.5. The van der Waals surface area contributed by atoms with E-state index in [4.69, 9.17) is 16.3 Å². The number of carbonyl (C=O) groups excluding carboxylic acids is 1. The van der Waals surface area contributed by atoms with E-state index in [1.807, 2.05) is 0 Å². The van der Waals surface area contributed by atoms with Gasteiger partial charge >= 0.3 is 6.18 Å². The van der Waals surface area contributed by atoms with Crippen molar-refractivity contribution in [3.63, 3.8) is 0 Å². The molecule has 1 N–H and O–H groups in total. The normalized spacial score (nSPS) is 20.7. The van der Waals surface area contributed by atoms with Gasteiger partial charge in [0, 0.05) is 17.1 Å². The molecule has 1 saturated heterocycles. The molecule has 1 fully saturated rings. The van der Waals surface area contributed by atoms with E-state index in [9.17, 15) is 18.0 Å². The van der Waals surface area contributed by atoms with Crippen molar-refractivity contribution in [3.8, 4) is 0 Å². The quantitative estimate of drug-likeness (QED) is 0.858. The molecule has 98 valence electrons. The lowest BCUT2D eigenvalue weighted by Crippen LogP contribution is -2.38. The maximum atomic E-state index is 12.6. The predicted octanol–water partition coefficient (Wildman–Crippen LogP) is 2.55. The van der Waals surface area contributed by atoms with Crippen molar-refractivity contribution < 1.29 is 22.7 Å². The van der Waals surface area contributed by atoms with E-state index in [0.29, 0.717) is 0 Å². The number of morpholine rings is 1. The Labute approximate surface area is 106 Å². The van der Waals surface area contributed by atoms with Crippen LogP contribution in [0.25, 0.3) is 0 Å². The second-order valence-electron chi connectivity index (χ2n) is 3.84. The zero-order chi connectivity index (χ0) is 13.3. The van der Waals surface area contributed by atoms with Crippen LogP contribution in [0.1, 0.15) is 17.2 Å². The van der Waals surface area contributed by atoms with Crippen molar-refractivity contribution in [2.45, 2.75) is 12.3 Å². The molecule has 1 aliphatic heterocycles. The summed E-state index contributed by atoms with van der Waals surface area (Å²) in [4.78, 5) is 10.9. The molecular weight excluding hydrogens is 271 g/mol. The van der Waals surface area contributed by atoms with Crippen LogP contribution in [0.3, 0.4) is 0 Å². The molecule has 7 heteroatoms. The molecular formula is C11H9ClF3NO2. The van der Waals surface area contributed by atoms with Gasteiger partial charge in [-0.2, -0.15) is 13.2 Å². The standard InChI is InChI=1S/C11H9ClF3NO2/c12-8-2-1-6(11(13,14)15)3-7(8)9-4-16-10(17)5-18-9/h1-3,9H,4-5H2,(H,16,17). The zero-order valence-electron chi connectivity index (χ0n) is 9.05. The van der Waals surface area contributed by atoms with Gasteiger partial charge in [-0.25, -0.2) is 0 Å². The smallest absolute Gasteiger partial charge is 0.362 e. The van der Waals surface area contributed by atoms with Crippen LogP contribution in [-0.2, 0) is 15.7 Å². The fourth-order valence-electron chi connectivity index (χ4n) is 1.66. The summed E-state index contributed by atoms with van der Waals surface area (Å²) in [5.41, 5.74) is -0.561. The second kappa shape index (κ2) is 4.78. The molecule has 1 aromatic rings. The van der Waals surface area contributed by atoms with Gasteiger partial charge in [0.2, 0.25) is 5.91 Å². The fourth-order valence-corrected chi connectivity index (χ4v) is 1.90. The molecule has 0 aliphatic carbocycles. The minimum absolute atomic E-state index is 0.111. The Kier molecular flexibility index (Phi) is 3.49. The molecule has 0 aromatic heterocycles. The van der Waals surface area contributed by atoms with Gasteiger partial charge in [-0.3, -0.25) is 4.79 Å². The number of benzene rings is 1. The molecule has 1 amide bonds. The number of hydrogen-bond acceptors (Lipinski definition) is 2. The van der Waals surface area contributed by atoms with E-state index >= 15 is 0 Å². The SMILES string of the molecule is O=C1COC(c2cc(C(F)(F)F)ccc2Cl)CN1. The summed E-state index contributed by atoms with van der Waals surface area (Å²) in [5, 5.41) is 2.70. The average molecular weight is 280 g/mol. The molecule has 0 spiro atoms. The summed E-state index contributed by atoms with van der Waals surface area (Å²) < 4.78 is 42.9. The van der Waals surface area contributed by atoms with Crippen LogP contribution in [0, 0.1) is 0 Å². The van der Waals surface area contributed by atoms with Crippen molar-refractivity contribution in [1.82, 2.24) is 5.32 Å². The minimum atomic E-state index is -4.43. The van der Waals surface area contributed by atoms with E-state index in [-0.39, 0.29) is 29.6 Å². The second-order valence-corrected chi connectivity index (χ2v) is 4.24. The number of halogens is 4. The number of amides is 1. The van der Waals surface area contributed by atoms with Gasteiger partial charge in [0.05, 0.1) is 5.56 Å². The number of nitrogens with one attached hydrogen (secondary N) is 1. The van der Waals surface area contributed by atoms with Gasteiger partial charge in [0.25, 0.3) is 0 Å². The Balaban J connectivity index is 2.29. The highest BCUT2D eigenvalue weighted by Gasteiger charge is 2.32. The molecule has 1 unspecified atom stereocenters. The average Bonchev–Trinajstić information content (AvgIpc) is 2.29. The Morgan fingerprint density at radius 2 is 2.11 bits per heavy atom. The Bertz CT molecular complexity index is 466. The van der Waals surface area contributed by atoms with Crippen molar-refractivity contribution in [2.24, 2.45) is 0 Å². The summed E-state index contributed by atoms with van der Waals surface area (Å²) in [5.74, 6) is -0.297. The lowest BCUT2D eigenvalue weighted by molar-refractivity contribution is -0.138. The molecule has 1 aromatic carbocycles. The molecule has 1 atom stereocenters. The first-order valence-electron chi connectivity index (χ1n) is 5.13. The fraction of sp³-hybridized carbons (Fsp3) is 0.364. The maximum Gasteiger partial charge on any atom is 0.416 e. The number of carbonyl (C=O) groups is 1. The first-order valence-corrected chi connectivity index (χ1v) is 5.50. The zero-order valence-corrected chi connectivity index (χ0v) is 9.81. The van der Waals surface area contributed by atoms with Gasteiger partial charge in [-0.1, -0.05) is 11.6 Å². The number of hydrogen-bond donors (Lipinski definition) is 1. The summed E-state index contributed by atoms with van der Waals surface area (Å²) in [6, 6.07) is 3.04. The molecule has 18 heavy (non-hydrogen) atoms. The van der Waals surface area contributed by atoms with Gasteiger partial charge in [-0.15, -0.1) is 0 Å². The first kappa shape index (κ1) is 13.2. The number of rotatable bonds is 1. The summed E-state index contributed by atoms with van der Waals surface area (Å²) >= 11 is 5.86. The monoisotopic (exact) mass is 279 g/mol. The van der Waals surface area contributed by atoms with E-state index in [2.05, 4.69) is 5.32 Å². The molecule has 1 heterocycles. The van der Waals surface area contributed by atoms with Crippen LogP contribution in [0.2, 0.25) is 5.02 Å². The molecule has 1 aliphatic rings. The van der Waals surface area contributed by atoms with Gasteiger partial charge in [0.1, 0.15) is 12.7 Å². The van der Waals surface area contributed by atoms with Gasteiger partial charge in [-0.05, 0) is 18.2 Å². The van der Waals surface area contributed by atoms with Crippen molar-refractivity contribution >= 4 is 17.5 Å². The van der Waals surface area contributed by atoms with Crippen LogP contribution >= 0.6 is 11.6 Å². The van der Waals surface area contributed by atoms with Crippen LogP contribution in [0.5, 0.6) is 0 Å². The number of ether oxygens (including phenoxy) is 1. The van der Waals surface area contributed by atoms with Gasteiger partial charge < -0.3 is 10.1 Å². The van der Waals surface area contributed by atoms with E-state index in [0.717, 1.165) is 12.1 Å². The summed E-state index contributed by atoms with van der Waals surface area (Å²) in [7, 11) is 0. The van der Waals surface area contributed by atoms with E-state index in [1.165, 1.54) is 6.07 Å². The Morgan fingerprint density at radius 1 is 1.39 bits per heavy atom. The van der Waals surface area contributed by atoms with Gasteiger partial charge in [0.15, 0.2) is 0 Å². The third-order valence-corrected chi connectivity index (χ3v) is 2.91. The Morgan fingerprint density at radius 3 is 2.67 bits per heavy atom. The highest BCUT2D eigenvalue weighted by Crippen LogP contribution is 2.34. The highest BCUT2D eigenvalue weighted by molar-refractivity contribution is 6.31. The third-order valence-electron chi connectivity index (χ3n) is 2.57. The number of alkyl halides is 3. The van der Waals surface area contributed by atoms with Crippen molar-refractivity contribution in [3.05, 3.63) is 34.3 Å². The lowest BCUT2D eigenvalue weighted by atomic mass is 10.0. The molecule has 2 rings (SSSR count). The third kappa shape index (κ3) is 2.76. The van der Waals surface area contributed by atoms with E-state index < -0.39 is 17.8 Å². The molecule has 3 nitrogen and oxygen atoms in total. The van der Waals surface area contributed by atoms with Crippen LogP contribution in [0.15, 0.2) is 18.2 Å². The lowest BCUT2D eigenvalue weighted by Gasteiger charge is -2.24. The molecule has 0 saturated carbocycles. The molecule has 0 bridgehead atoms. The van der Waals surface area contributed by atoms with Crippen molar-refractivity contribution in [2.75, 3.05) is 13.2 Å². The van der Waals surface area contributed by atoms with Crippen LogP contribution in [0.4, 0.5) is 13.2 Å². The molecule has 0 radical (unpaired) electrons. The summed E-state index contributed by atoms with van der Waals surface area (Å²) in [6.45, 7) is -0.0723. The first-order chi connectivity index (χ1) is 8.38. The maximum absolute atomic E-state index is 12.6. The van der Waals surface area contributed by atoms with Crippen molar-refractivity contribution in [1.29, 1.82) is 0 Å².